The second-order valence-corrected chi connectivity index (χ2v) is 3.61. The molecule has 2 aromatic rings. The molecule has 2 aromatic heterocycles. The van der Waals surface area contributed by atoms with Crippen LogP contribution in [-0.2, 0) is 11.2 Å². The fourth-order valence-electron chi connectivity index (χ4n) is 1.40. The number of hydrogen-bond acceptors (Lipinski definition) is 6. The van der Waals surface area contributed by atoms with Crippen molar-refractivity contribution in [3.8, 4) is 11.6 Å². The van der Waals surface area contributed by atoms with E-state index in [9.17, 15) is 4.79 Å². The van der Waals surface area contributed by atoms with Gasteiger partial charge in [0, 0.05) is 19.2 Å². The van der Waals surface area contributed by atoms with Crippen molar-refractivity contribution in [1.29, 1.82) is 0 Å². The Morgan fingerprint density at radius 1 is 1.42 bits per heavy atom. The van der Waals surface area contributed by atoms with E-state index in [4.69, 9.17) is 9.15 Å². The van der Waals surface area contributed by atoms with Gasteiger partial charge in [0.1, 0.15) is 5.69 Å². The van der Waals surface area contributed by atoms with Gasteiger partial charge in [-0.15, -0.1) is 10.2 Å². The third-order valence-electron chi connectivity index (χ3n) is 2.23. The van der Waals surface area contributed by atoms with Crippen LogP contribution in [-0.4, -0.2) is 34.4 Å². The quantitative estimate of drug-likeness (QED) is 0.876. The van der Waals surface area contributed by atoms with Crippen molar-refractivity contribution in [2.24, 2.45) is 0 Å². The number of rotatable bonds is 5. The number of pyridine rings is 1. The lowest BCUT2D eigenvalue weighted by atomic mass is 10.3. The molecule has 0 atom stereocenters. The molecule has 1 amide bonds. The molecule has 0 aliphatic rings. The highest BCUT2D eigenvalue weighted by atomic mass is 16.5. The van der Waals surface area contributed by atoms with Gasteiger partial charge in [0.05, 0.1) is 6.61 Å². The summed E-state index contributed by atoms with van der Waals surface area (Å²) in [4.78, 5) is 15.2. The summed E-state index contributed by atoms with van der Waals surface area (Å²) in [6, 6.07) is 5.44. The highest BCUT2D eigenvalue weighted by Gasteiger charge is 2.09. The fourth-order valence-corrected chi connectivity index (χ4v) is 1.40. The molecule has 0 aliphatic carbocycles. The van der Waals surface area contributed by atoms with E-state index in [2.05, 4.69) is 20.5 Å². The van der Waals surface area contributed by atoms with Gasteiger partial charge in [-0.25, -0.2) is 4.79 Å². The molecule has 7 heteroatoms. The third-order valence-corrected chi connectivity index (χ3v) is 2.23. The first-order chi connectivity index (χ1) is 9.29. The van der Waals surface area contributed by atoms with E-state index in [1.807, 2.05) is 12.1 Å². The van der Waals surface area contributed by atoms with E-state index in [0.29, 0.717) is 37.0 Å². The molecule has 0 unspecified atom stereocenters. The van der Waals surface area contributed by atoms with Crippen LogP contribution >= 0.6 is 0 Å². The SMILES string of the molecule is CCOC(=O)NCCc1nnc(-c2ccccn2)o1. The first-order valence-electron chi connectivity index (χ1n) is 5.94. The molecule has 2 heterocycles. The van der Waals surface area contributed by atoms with E-state index in [1.165, 1.54) is 0 Å². The largest absolute Gasteiger partial charge is 0.450 e. The van der Waals surface area contributed by atoms with Crippen molar-refractivity contribution >= 4 is 6.09 Å². The molecule has 0 radical (unpaired) electrons. The Morgan fingerprint density at radius 3 is 3.05 bits per heavy atom. The minimum Gasteiger partial charge on any atom is -0.450 e. The van der Waals surface area contributed by atoms with Crippen molar-refractivity contribution in [1.82, 2.24) is 20.5 Å². The maximum Gasteiger partial charge on any atom is 0.407 e. The van der Waals surface area contributed by atoms with E-state index in [-0.39, 0.29) is 0 Å². The maximum absolute atomic E-state index is 11.0. The van der Waals surface area contributed by atoms with Gasteiger partial charge in [0.2, 0.25) is 5.89 Å². The van der Waals surface area contributed by atoms with Gasteiger partial charge in [0.25, 0.3) is 5.89 Å². The molecular weight excluding hydrogens is 248 g/mol. The van der Waals surface area contributed by atoms with Crippen molar-refractivity contribution < 1.29 is 13.9 Å². The minimum absolute atomic E-state index is 0.343. The molecule has 0 saturated heterocycles. The van der Waals surface area contributed by atoms with Gasteiger partial charge in [-0.3, -0.25) is 4.98 Å². The van der Waals surface area contributed by atoms with E-state index in [1.54, 1.807) is 19.2 Å². The molecule has 19 heavy (non-hydrogen) atoms. The van der Waals surface area contributed by atoms with Gasteiger partial charge in [-0.05, 0) is 19.1 Å². The summed E-state index contributed by atoms with van der Waals surface area (Å²) in [7, 11) is 0. The number of aromatic nitrogens is 3. The molecule has 0 fully saturated rings. The summed E-state index contributed by atoms with van der Waals surface area (Å²) >= 11 is 0. The molecule has 2 rings (SSSR count). The van der Waals surface area contributed by atoms with Crippen molar-refractivity contribution in [3.63, 3.8) is 0 Å². The molecule has 0 aliphatic heterocycles. The van der Waals surface area contributed by atoms with Crippen LogP contribution in [0, 0.1) is 0 Å². The van der Waals surface area contributed by atoms with Crippen molar-refractivity contribution in [2.45, 2.75) is 13.3 Å². The summed E-state index contributed by atoms with van der Waals surface area (Å²) in [6.45, 7) is 2.47. The summed E-state index contributed by atoms with van der Waals surface area (Å²) in [6.07, 6.45) is 1.65. The molecule has 1 N–H and O–H groups in total. The Bertz CT molecular complexity index is 527. The Balaban J connectivity index is 1.86. The fraction of sp³-hybridized carbons (Fsp3) is 0.333. The highest BCUT2D eigenvalue weighted by molar-refractivity contribution is 5.66. The van der Waals surface area contributed by atoms with Gasteiger partial charge >= 0.3 is 6.09 Å². The molecule has 0 bridgehead atoms. The lowest BCUT2D eigenvalue weighted by Gasteiger charge is -2.02. The number of carbonyl (C=O) groups excluding carboxylic acids is 1. The van der Waals surface area contributed by atoms with Gasteiger partial charge in [0.15, 0.2) is 0 Å². The van der Waals surface area contributed by atoms with Crippen LogP contribution in [0.15, 0.2) is 28.8 Å². The molecule has 0 saturated carbocycles. The highest BCUT2D eigenvalue weighted by Crippen LogP contribution is 2.13. The lowest BCUT2D eigenvalue weighted by molar-refractivity contribution is 0.152. The van der Waals surface area contributed by atoms with Crippen LogP contribution in [0.2, 0.25) is 0 Å². The zero-order valence-corrected chi connectivity index (χ0v) is 10.5. The van der Waals surface area contributed by atoms with E-state index < -0.39 is 6.09 Å². The van der Waals surface area contributed by atoms with Crippen LogP contribution in [0.25, 0.3) is 11.6 Å². The van der Waals surface area contributed by atoms with Crippen molar-refractivity contribution in [2.75, 3.05) is 13.2 Å². The average molecular weight is 262 g/mol. The van der Waals surface area contributed by atoms with Crippen molar-refractivity contribution in [3.05, 3.63) is 30.3 Å². The number of alkyl carbamates (subject to hydrolysis) is 1. The monoisotopic (exact) mass is 262 g/mol. The summed E-state index contributed by atoms with van der Waals surface area (Å²) in [5.41, 5.74) is 0.625. The van der Waals surface area contributed by atoms with E-state index in [0.717, 1.165) is 0 Å². The van der Waals surface area contributed by atoms with Crippen LogP contribution in [0.5, 0.6) is 0 Å². The zero-order chi connectivity index (χ0) is 13.5. The predicted octanol–water partition coefficient (Wildman–Crippen LogP) is 1.42. The first kappa shape index (κ1) is 13.0. The first-order valence-corrected chi connectivity index (χ1v) is 5.94. The number of amides is 1. The standard InChI is InChI=1S/C12H14N4O3/c1-2-18-12(17)14-8-6-10-15-16-11(19-10)9-5-3-4-7-13-9/h3-5,7H,2,6,8H2,1H3,(H,14,17). The number of nitrogens with zero attached hydrogens (tertiary/aromatic N) is 3. The van der Waals surface area contributed by atoms with Gasteiger partial charge in [-0.2, -0.15) is 0 Å². The number of hydrogen-bond donors (Lipinski definition) is 1. The summed E-state index contributed by atoms with van der Waals surface area (Å²) < 4.78 is 10.2. The molecule has 0 spiro atoms. The molecule has 7 nitrogen and oxygen atoms in total. The topological polar surface area (TPSA) is 90.1 Å². The van der Waals surface area contributed by atoms with E-state index >= 15 is 0 Å². The molecular formula is C12H14N4O3. The van der Waals surface area contributed by atoms with Gasteiger partial charge in [-0.1, -0.05) is 6.07 Å². The number of ether oxygens (including phenoxy) is 1. The maximum atomic E-state index is 11.0. The second kappa shape index (κ2) is 6.48. The Morgan fingerprint density at radius 2 is 2.32 bits per heavy atom. The minimum atomic E-state index is -0.452. The Labute approximate surface area is 110 Å². The average Bonchev–Trinajstić information content (AvgIpc) is 2.89. The van der Waals surface area contributed by atoms with Gasteiger partial charge < -0.3 is 14.5 Å². The summed E-state index contributed by atoms with van der Waals surface area (Å²) in [5, 5.41) is 10.4. The second-order valence-electron chi connectivity index (χ2n) is 3.61. The molecule has 0 aromatic carbocycles. The Kier molecular flexibility index (Phi) is 4.44. The molecule has 100 valence electrons. The summed E-state index contributed by atoms with van der Waals surface area (Å²) in [5.74, 6) is 0.809. The number of carbonyl (C=O) groups is 1. The van der Waals surface area contributed by atoms with Crippen LogP contribution in [0.3, 0.4) is 0 Å². The zero-order valence-electron chi connectivity index (χ0n) is 10.5. The predicted molar refractivity (Wildman–Crippen MR) is 66.3 cm³/mol. The van der Waals surface area contributed by atoms with Crippen LogP contribution in [0.4, 0.5) is 4.79 Å². The lowest BCUT2D eigenvalue weighted by Crippen LogP contribution is -2.26. The van der Waals surface area contributed by atoms with Crippen LogP contribution in [0.1, 0.15) is 12.8 Å². The third kappa shape index (κ3) is 3.77. The normalized spacial score (nSPS) is 10.2. The smallest absolute Gasteiger partial charge is 0.407 e. The van der Waals surface area contributed by atoms with Crippen LogP contribution < -0.4 is 5.32 Å². The Hall–Kier alpha value is -2.44. The number of nitrogens with one attached hydrogen (secondary N) is 1.